The Morgan fingerprint density at radius 2 is 1.75 bits per heavy atom. The standard InChI is InChI=1S/C14H24N2/c1-5-12(6-2)11-15-13-9-7-8-10-14(13)16(3)4/h7-10,12,15H,5-6,11H2,1-4H3. The summed E-state index contributed by atoms with van der Waals surface area (Å²) >= 11 is 0. The average Bonchev–Trinajstić information content (AvgIpc) is 2.30. The number of hydrogen-bond acceptors (Lipinski definition) is 2. The third-order valence-corrected chi connectivity index (χ3v) is 3.12. The molecule has 1 rings (SSSR count). The van der Waals surface area contributed by atoms with Crippen LogP contribution in [0.2, 0.25) is 0 Å². The molecule has 0 aliphatic heterocycles. The van der Waals surface area contributed by atoms with Crippen LogP contribution in [0, 0.1) is 5.92 Å². The Balaban J connectivity index is 2.66. The average molecular weight is 220 g/mol. The summed E-state index contributed by atoms with van der Waals surface area (Å²) in [6.45, 7) is 5.58. The Morgan fingerprint density at radius 3 is 2.31 bits per heavy atom. The van der Waals surface area contributed by atoms with Gasteiger partial charge in [0.15, 0.2) is 0 Å². The molecule has 2 nitrogen and oxygen atoms in total. The van der Waals surface area contributed by atoms with Gasteiger partial charge in [0.05, 0.1) is 11.4 Å². The number of rotatable bonds is 6. The summed E-state index contributed by atoms with van der Waals surface area (Å²) in [5, 5.41) is 3.55. The van der Waals surface area contributed by atoms with Gasteiger partial charge in [-0.1, -0.05) is 38.8 Å². The van der Waals surface area contributed by atoms with Crippen LogP contribution < -0.4 is 10.2 Å². The van der Waals surface area contributed by atoms with E-state index in [2.05, 4.69) is 62.4 Å². The number of nitrogens with one attached hydrogen (secondary N) is 1. The van der Waals surface area contributed by atoms with E-state index in [-0.39, 0.29) is 0 Å². The zero-order chi connectivity index (χ0) is 12.0. The minimum Gasteiger partial charge on any atom is -0.383 e. The molecule has 0 aromatic heterocycles. The van der Waals surface area contributed by atoms with E-state index in [1.54, 1.807) is 0 Å². The molecular weight excluding hydrogens is 196 g/mol. The maximum absolute atomic E-state index is 3.55. The van der Waals surface area contributed by atoms with Crippen molar-refractivity contribution in [2.24, 2.45) is 5.92 Å². The van der Waals surface area contributed by atoms with Gasteiger partial charge in [-0.2, -0.15) is 0 Å². The molecule has 0 amide bonds. The maximum atomic E-state index is 3.55. The number of anilines is 2. The fraction of sp³-hybridized carbons (Fsp3) is 0.571. The predicted molar refractivity (Wildman–Crippen MR) is 73.3 cm³/mol. The molecule has 1 aromatic rings. The van der Waals surface area contributed by atoms with Crippen molar-refractivity contribution in [1.29, 1.82) is 0 Å². The molecule has 2 heteroatoms. The van der Waals surface area contributed by atoms with Gasteiger partial charge in [0.1, 0.15) is 0 Å². The van der Waals surface area contributed by atoms with Crippen molar-refractivity contribution in [3.63, 3.8) is 0 Å². The second kappa shape index (κ2) is 6.41. The molecule has 0 unspecified atom stereocenters. The van der Waals surface area contributed by atoms with Crippen molar-refractivity contribution in [3.8, 4) is 0 Å². The molecule has 16 heavy (non-hydrogen) atoms. The first-order valence-corrected chi connectivity index (χ1v) is 6.19. The van der Waals surface area contributed by atoms with E-state index in [0.29, 0.717) is 0 Å². The zero-order valence-corrected chi connectivity index (χ0v) is 11.0. The van der Waals surface area contributed by atoms with Crippen molar-refractivity contribution in [2.45, 2.75) is 26.7 Å². The third-order valence-electron chi connectivity index (χ3n) is 3.12. The van der Waals surface area contributed by atoms with Crippen LogP contribution in [0.3, 0.4) is 0 Å². The van der Waals surface area contributed by atoms with Crippen LogP contribution in [0.25, 0.3) is 0 Å². The molecule has 0 fully saturated rings. The van der Waals surface area contributed by atoms with E-state index < -0.39 is 0 Å². The van der Waals surface area contributed by atoms with Gasteiger partial charge in [-0.3, -0.25) is 0 Å². The van der Waals surface area contributed by atoms with Crippen LogP contribution >= 0.6 is 0 Å². The summed E-state index contributed by atoms with van der Waals surface area (Å²) in [6, 6.07) is 8.47. The third kappa shape index (κ3) is 3.44. The molecule has 0 bridgehead atoms. The van der Waals surface area contributed by atoms with Crippen LogP contribution in [-0.4, -0.2) is 20.6 Å². The summed E-state index contributed by atoms with van der Waals surface area (Å²) in [6.07, 6.45) is 2.49. The minimum atomic E-state index is 0.773. The quantitative estimate of drug-likeness (QED) is 0.788. The molecule has 0 aliphatic rings. The van der Waals surface area contributed by atoms with Crippen molar-refractivity contribution >= 4 is 11.4 Å². The van der Waals surface area contributed by atoms with Gasteiger partial charge in [-0.25, -0.2) is 0 Å². The first-order chi connectivity index (χ1) is 7.69. The Hall–Kier alpha value is -1.18. The molecule has 1 N–H and O–H groups in total. The minimum absolute atomic E-state index is 0.773. The molecule has 0 saturated heterocycles. The monoisotopic (exact) mass is 220 g/mol. The van der Waals surface area contributed by atoms with E-state index in [4.69, 9.17) is 0 Å². The normalized spacial score (nSPS) is 10.6. The number of hydrogen-bond donors (Lipinski definition) is 1. The van der Waals surface area contributed by atoms with E-state index in [9.17, 15) is 0 Å². The molecular formula is C14H24N2. The second-order valence-corrected chi connectivity index (χ2v) is 4.47. The first-order valence-electron chi connectivity index (χ1n) is 6.19. The molecule has 1 aromatic carbocycles. The van der Waals surface area contributed by atoms with Crippen LogP contribution in [0.1, 0.15) is 26.7 Å². The second-order valence-electron chi connectivity index (χ2n) is 4.47. The highest BCUT2D eigenvalue weighted by Crippen LogP contribution is 2.24. The van der Waals surface area contributed by atoms with Crippen molar-refractivity contribution < 1.29 is 0 Å². The molecule has 0 atom stereocenters. The Morgan fingerprint density at radius 1 is 1.12 bits per heavy atom. The summed E-state index contributed by atoms with van der Waals surface area (Å²) in [5.74, 6) is 0.773. The van der Waals surface area contributed by atoms with Gasteiger partial charge < -0.3 is 10.2 Å². The number of benzene rings is 1. The number of para-hydroxylation sites is 2. The van der Waals surface area contributed by atoms with Gasteiger partial charge in [0.25, 0.3) is 0 Å². The van der Waals surface area contributed by atoms with Gasteiger partial charge in [-0.05, 0) is 18.1 Å². The molecule has 0 saturated carbocycles. The first kappa shape index (κ1) is 12.9. The molecule has 0 heterocycles. The van der Waals surface area contributed by atoms with Crippen molar-refractivity contribution in [1.82, 2.24) is 0 Å². The highest BCUT2D eigenvalue weighted by Gasteiger charge is 2.06. The molecule has 0 radical (unpaired) electrons. The lowest BCUT2D eigenvalue weighted by Crippen LogP contribution is -2.16. The van der Waals surface area contributed by atoms with Crippen LogP contribution in [-0.2, 0) is 0 Å². The number of nitrogens with zero attached hydrogens (tertiary/aromatic N) is 1. The smallest absolute Gasteiger partial charge is 0.0596 e. The van der Waals surface area contributed by atoms with Gasteiger partial charge in [-0.15, -0.1) is 0 Å². The summed E-state index contributed by atoms with van der Waals surface area (Å²) in [4.78, 5) is 2.15. The fourth-order valence-corrected chi connectivity index (χ4v) is 1.84. The lowest BCUT2D eigenvalue weighted by atomic mass is 10.0. The molecule has 0 aliphatic carbocycles. The summed E-state index contributed by atoms with van der Waals surface area (Å²) < 4.78 is 0. The van der Waals surface area contributed by atoms with Gasteiger partial charge >= 0.3 is 0 Å². The SMILES string of the molecule is CCC(CC)CNc1ccccc1N(C)C. The van der Waals surface area contributed by atoms with Crippen LogP contribution in [0.5, 0.6) is 0 Å². The molecule has 90 valence electrons. The fourth-order valence-electron chi connectivity index (χ4n) is 1.84. The lowest BCUT2D eigenvalue weighted by molar-refractivity contribution is 0.519. The van der Waals surface area contributed by atoms with Crippen molar-refractivity contribution in [2.75, 3.05) is 30.9 Å². The lowest BCUT2D eigenvalue weighted by Gasteiger charge is -2.20. The zero-order valence-electron chi connectivity index (χ0n) is 11.0. The van der Waals surface area contributed by atoms with Crippen LogP contribution in [0.4, 0.5) is 11.4 Å². The van der Waals surface area contributed by atoms with E-state index in [0.717, 1.165) is 12.5 Å². The van der Waals surface area contributed by atoms with E-state index in [1.807, 2.05) is 0 Å². The maximum Gasteiger partial charge on any atom is 0.0596 e. The summed E-state index contributed by atoms with van der Waals surface area (Å²) in [7, 11) is 4.16. The summed E-state index contributed by atoms with van der Waals surface area (Å²) in [5.41, 5.74) is 2.49. The Labute approximate surface area is 99.7 Å². The van der Waals surface area contributed by atoms with E-state index >= 15 is 0 Å². The topological polar surface area (TPSA) is 15.3 Å². The van der Waals surface area contributed by atoms with Gasteiger partial charge in [0.2, 0.25) is 0 Å². The van der Waals surface area contributed by atoms with Crippen molar-refractivity contribution in [3.05, 3.63) is 24.3 Å². The predicted octanol–water partition coefficient (Wildman–Crippen LogP) is 3.60. The molecule has 0 spiro atoms. The Bertz CT molecular complexity index is 303. The van der Waals surface area contributed by atoms with E-state index in [1.165, 1.54) is 24.2 Å². The highest BCUT2D eigenvalue weighted by molar-refractivity contribution is 5.69. The largest absolute Gasteiger partial charge is 0.383 e. The highest BCUT2D eigenvalue weighted by atomic mass is 15.1. The van der Waals surface area contributed by atoms with Gasteiger partial charge in [0, 0.05) is 20.6 Å². The van der Waals surface area contributed by atoms with Crippen LogP contribution in [0.15, 0.2) is 24.3 Å². The Kier molecular flexibility index (Phi) is 5.17.